The van der Waals surface area contributed by atoms with Gasteiger partial charge in [0.25, 0.3) is 5.91 Å². The first-order valence-corrected chi connectivity index (χ1v) is 7.96. The molecule has 0 saturated heterocycles. The van der Waals surface area contributed by atoms with Gasteiger partial charge in [0, 0.05) is 7.11 Å². The van der Waals surface area contributed by atoms with Crippen LogP contribution in [-0.4, -0.2) is 32.6 Å². The zero-order chi connectivity index (χ0) is 18.0. The van der Waals surface area contributed by atoms with Gasteiger partial charge < -0.3 is 14.5 Å². The van der Waals surface area contributed by atoms with Crippen molar-refractivity contribution >= 4 is 23.2 Å². The number of methoxy groups -OCH3 is 1. The zero-order valence-corrected chi connectivity index (χ0v) is 14.9. The maximum absolute atomic E-state index is 12.3. The van der Waals surface area contributed by atoms with Crippen molar-refractivity contribution in [3.05, 3.63) is 52.5 Å². The van der Waals surface area contributed by atoms with E-state index in [0.29, 0.717) is 29.7 Å². The fourth-order valence-electron chi connectivity index (χ4n) is 2.39. The van der Waals surface area contributed by atoms with Crippen molar-refractivity contribution in [1.82, 2.24) is 19.6 Å². The molecule has 0 fully saturated rings. The van der Waals surface area contributed by atoms with Crippen LogP contribution in [0.25, 0.3) is 0 Å². The van der Waals surface area contributed by atoms with Gasteiger partial charge in [-0.1, -0.05) is 11.6 Å². The minimum Gasteiger partial charge on any atom is -0.454 e. The minimum absolute atomic E-state index is 0.210. The van der Waals surface area contributed by atoms with E-state index in [1.807, 2.05) is 13.8 Å². The number of aryl methyl sites for hydroxylation is 1. The number of carbonyl (C=O) groups is 1. The third kappa shape index (κ3) is 3.75. The lowest BCUT2D eigenvalue weighted by Crippen LogP contribution is -2.10. The van der Waals surface area contributed by atoms with E-state index in [0.717, 1.165) is 11.4 Å². The van der Waals surface area contributed by atoms with Gasteiger partial charge in [0.1, 0.15) is 12.5 Å². The lowest BCUT2D eigenvalue weighted by molar-refractivity contribution is 0.0994. The van der Waals surface area contributed by atoms with Crippen molar-refractivity contribution < 1.29 is 13.9 Å². The number of aromatic nitrogens is 4. The molecule has 0 aromatic carbocycles. The van der Waals surface area contributed by atoms with Crippen LogP contribution in [0.1, 0.15) is 27.7 Å². The molecule has 3 rings (SSSR count). The molecule has 9 heteroatoms. The van der Waals surface area contributed by atoms with Gasteiger partial charge in [0.2, 0.25) is 0 Å². The lowest BCUT2D eigenvalue weighted by atomic mass is 10.3. The Balaban J connectivity index is 1.67. The summed E-state index contributed by atoms with van der Waals surface area (Å²) in [4.78, 5) is 12.3. The van der Waals surface area contributed by atoms with E-state index in [9.17, 15) is 4.79 Å². The highest BCUT2D eigenvalue weighted by atomic mass is 35.5. The van der Waals surface area contributed by atoms with E-state index < -0.39 is 0 Å². The number of ether oxygens (including phenoxy) is 1. The second kappa shape index (κ2) is 7.12. The largest absolute Gasteiger partial charge is 0.454 e. The summed E-state index contributed by atoms with van der Waals surface area (Å²) in [6.45, 7) is 4.44. The van der Waals surface area contributed by atoms with Crippen molar-refractivity contribution in [1.29, 1.82) is 0 Å². The first-order chi connectivity index (χ1) is 12.0. The van der Waals surface area contributed by atoms with Crippen molar-refractivity contribution in [3.63, 3.8) is 0 Å². The molecule has 0 aliphatic carbocycles. The first kappa shape index (κ1) is 17.2. The summed E-state index contributed by atoms with van der Waals surface area (Å²) >= 11 is 6.14. The molecule has 132 valence electrons. The van der Waals surface area contributed by atoms with Gasteiger partial charge in [-0.15, -0.1) is 0 Å². The lowest BCUT2D eigenvalue weighted by Gasteiger charge is -2.02. The van der Waals surface area contributed by atoms with Crippen LogP contribution >= 0.6 is 11.6 Å². The molecular formula is C16H18ClN5O3. The Kier molecular flexibility index (Phi) is 4.91. The van der Waals surface area contributed by atoms with Crippen molar-refractivity contribution in [2.24, 2.45) is 0 Å². The number of amides is 1. The van der Waals surface area contributed by atoms with Crippen molar-refractivity contribution in [2.45, 2.75) is 27.1 Å². The molecule has 3 aromatic heterocycles. The molecule has 0 radical (unpaired) electrons. The average Bonchev–Trinajstić information content (AvgIpc) is 3.27. The number of halogens is 1. The predicted molar refractivity (Wildman–Crippen MR) is 91.7 cm³/mol. The van der Waals surface area contributed by atoms with Gasteiger partial charge in [-0.2, -0.15) is 10.2 Å². The molecule has 0 atom stereocenters. The molecule has 1 amide bonds. The Morgan fingerprint density at radius 2 is 2.20 bits per heavy atom. The van der Waals surface area contributed by atoms with Crippen LogP contribution in [0.15, 0.2) is 28.9 Å². The normalized spacial score (nSPS) is 11.0. The fourth-order valence-corrected chi connectivity index (χ4v) is 2.52. The van der Waals surface area contributed by atoms with Crippen LogP contribution in [0.5, 0.6) is 0 Å². The highest BCUT2D eigenvalue weighted by Gasteiger charge is 2.15. The fraction of sp³-hybridized carbons (Fsp3) is 0.312. The van der Waals surface area contributed by atoms with Gasteiger partial charge in [-0.25, -0.2) is 4.68 Å². The maximum atomic E-state index is 12.3. The van der Waals surface area contributed by atoms with E-state index in [-0.39, 0.29) is 11.7 Å². The molecule has 3 heterocycles. The molecule has 3 aromatic rings. The third-order valence-electron chi connectivity index (χ3n) is 3.64. The van der Waals surface area contributed by atoms with Crippen molar-refractivity contribution in [2.75, 3.05) is 12.4 Å². The summed E-state index contributed by atoms with van der Waals surface area (Å²) in [6, 6.07) is 3.37. The van der Waals surface area contributed by atoms with Gasteiger partial charge in [-0.05, 0) is 26.0 Å². The number of furan rings is 1. The molecule has 0 unspecified atom stereocenters. The molecule has 0 aliphatic rings. The van der Waals surface area contributed by atoms with E-state index in [4.69, 9.17) is 20.8 Å². The molecule has 0 saturated carbocycles. The second-order valence-electron chi connectivity index (χ2n) is 5.55. The molecule has 1 N–H and O–H groups in total. The van der Waals surface area contributed by atoms with Gasteiger partial charge in [0.05, 0.1) is 41.0 Å². The average molecular weight is 364 g/mol. The zero-order valence-electron chi connectivity index (χ0n) is 14.1. The third-order valence-corrected chi connectivity index (χ3v) is 4.18. The highest BCUT2D eigenvalue weighted by molar-refractivity contribution is 6.31. The summed E-state index contributed by atoms with van der Waals surface area (Å²) in [6.07, 6.45) is 3.21. The van der Waals surface area contributed by atoms with E-state index >= 15 is 0 Å². The Hall–Kier alpha value is -2.58. The smallest absolute Gasteiger partial charge is 0.291 e. The number of rotatable bonds is 6. The molecule has 8 nitrogen and oxygen atoms in total. The predicted octanol–water partition coefficient (Wildman–Crippen LogP) is 2.85. The number of hydrogen-bond acceptors (Lipinski definition) is 5. The molecule has 0 aliphatic heterocycles. The Labute approximate surface area is 149 Å². The summed E-state index contributed by atoms with van der Waals surface area (Å²) in [7, 11) is 1.57. The number of nitrogens with zero attached hydrogens (tertiary/aromatic N) is 4. The topological polar surface area (TPSA) is 87.1 Å². The molecule has 0 spiro atoms. The monoisotopic (exact) mass is 363 g/mol. The van der Waals surface area contributed by atoms with Gasteiger partial charge in [-0.3, -0.25) is 9.48 Å². The van der Waals surface area contributed by atoms with Crippen LogP contribution in [0.4, 0.5) is 5.69 Å². The standard InChI is InChI=1S/C16H18ClN5O3/c1-10-15(17)11(2)22(20-10)8-13-4-5-14(25-13)16(23)19-12-6-18-21(7-12)9-24-3/h4-7H,8-9H2,1-3H3,(H,19,23). The summed E-state index contributed by atoms with van der Waals surface area (Å²) < 4.78 is 13.9. The quantitative estimate of drug-likeness (QED) is 0.727. The maximum Gasteiger partial charge on any atom is 0.291 e. The van der Waals surface area contributed by atoms with Crippen LogP contribution in [0.3, 0.4) is 0 Å². The second-order valence-corrected chi connectivity index (χ2v) is 5.93. The number of nitrogens with one attached hydrogen (secondary N) is 1. The van der Waals surface area contributed by atoms with Gasteiger partial charge in [0.15, 0.2) is 5.76 Å². The van der Waals surface area contributed by atoms with Crippen molar-refractivity contribution in [3.8, 4) is 0 Å². The Bertz CT molecular complexity index is 896. The first-order valence-electron chi connectivity index (χ1n) is 7.59. The van der Waals surface area contributed by atoms with Gasteiger partial charge >= 0.3 is 0 Å². The summed E-state index contributed by atoms with van der Waals surface area (Å²) in [5.74, 6) is 0.472. The minimum atomic E-state index is -0.352. The Morgan fingerprint density at radius 3 is 2.88 bits per heavy atom. The molecule has 25 heavy (non-hydrogen) atoms. The SMILES string of the molecule is COCn1cc(NC(=O)c2ccc(Cn3nc(C)c(Cl)c3C)o2)cn1. The van der Waals surface area contributed by atoms with E-state index in [2.05, 4.69) is 15.5 Å². The highest BCUT2D eigenvalue weighted by Crippen LogP contribution is 2.20. The Morgan fingerprint density at radius 1 is 1.40 bits per heavy atom. The van der Waals surface area contributed by atoms with Crippen LogP contribution < -0.4 is 5.32 Å². The molecule has 0 bridgehead atoms. The summed E-state index contributed by atoms with van der Waals surface area (Å²) in [5.41, 5.74) is 2.18. The van der Waals surface area contributed by atoms with Crippen LogP contribution in [0, 0.1) is 13.8 Å². The van der Waals surface area contributed by atoms with Crippen LogP contribution in [0.2, 0.25) is 5.02 Å². The van der Waals surface area contributed by atoms with Crippen LogP contribution in [-0.2, 0) is 18.0 Å². The van der Waals surface area contributed by atoms with E-state index in [1.54, 1.807) is 41.0 Å². The number of anilines is 1. The molecular weight excluding hydrogens is 346 g/mol. The number of hydrogen-bond donors (Lipinski definition) is 1. The van der Waals surface area contributed by atoms with E-state index in [1.165, 1.54) is 0 Å². The number of carbonyl (C=O) groups excluding carboxylic acids is 1. The summed E-state index contributed by atoms with van der Waals surface area (Å²) in [5, 5.41) is 11.8.